The summed E-state index contributed by atoms with van der Waals surface area (Å²) in [6.45, 7) is 0. The van der Waals surface area contributed by atoms with Gasteiger partial charge in [-0.1, -0.05) is 23.7 Å². The lowest BCUT2D eigenvalue weighted by molar-refractivity contribution is 0.379. The average molecular weight is 436 g/mol. The SMILES string of the molecule is COc1ccccc1Oc1ccc(Cl)cc1NS(=O)(=O)c1ccc(SC)cc1. The number of hydrogen-bond donors (Lipinski definition) is 1. The first kappa shape index (κ1) is 20.4. The van der Waals surface area contributed by atoms with E-state index in [-0.39, 0.29) is 10.6 Å². The van der Waals surface area contributed by atoms with Gasteiger partial charge in [0, 0.05) is 9.92 Å². The van der Waals surface area contributed by atoms with Crippen molar-refractivity contribution in [1.82, 2.24) is 0 Å². The summed E-state index contributed by atoms with van der Waals surface area (Å²) in [6.07, 6.45) is 1.93. The second-order valence-corrected chi connectivity index (χ2v) is 8.67. The third kappa shape index (κ3) is 4.73. The molecule has 0 amide bonds. The Labute approximate surface area is 173 Å². The minimum absolute atomic E-state index is 0.147. The van der Waals surface area contributed by atoms with Gasteiger partial charge in [-0.2, -0.15) is 0 Å². The number of nitrogens with one attached hydrogen (secondary N) is 1. The van der Waals surface area contributed by atoms with Crippen molar-refractivity contribution >= 4 is 39.1 Å². The highest BCUT2D eigenvalue weighted by Gasteiger charge is 2.18. The molecule has 0 fully saturated rings. The van der Waals surface area contributed by atoms with E-state index in [1.165, 1.54) is 24.9 Å². The van der Waals surface area contributed by atoms with E-state index in [1.54, 1.807) is 54.6 Å². The molecule has 3 aromatic rings. The van der Waals surface area contributed by atoms with Gasteiger partial charge in [0.25, 0.3) is 10.0 Å². The lowest BCUT2D eigenvalue weighted by atomic mass is 10.3. The monoisotopic (exact) mass is 435 g/mol. The van der Waals surface area contributed by atoms with Crippen molar-refractivity contribution in [3.05, 3.63) is 71.8 Å². The molecule has 0 bridgehead atoms. The summed E-state index contributed by atoms with van der Waals surface area (Å²) in [5.41, 5.74) is 0.229. The molecule has 0 atom stereocenters. The number of hydrogen-bond acceptors (Lipinski definition) is 5. The fraction of sp³-hybridized carbons (Fsp3) is 0.100. The Bertz CT molecular complexity index is 1070. The van der Waals surface area contributed by atoms with Crippen LogP contribution >= 0.6 is 23.4 Å². The quantitative estimate of drug-likeness (QED) is 0.485. The number of benzene rings is 3. The molecule has 0 spiro atoms. The van der Waals surface area contributed by atoms with Gasteiger partial charge in [0.15, 0.2) is 17.2 Å². The molecule has 0 aromatic heterocycles. The number of rotatable bonds is 7. The molecule has 8 heteroatoms. The van der Waals surface area contributed by atoms with Crippen molar-refractivity contribution in [3.63, 3.8) is 0 Å². The minimum atomic E-state index is -3.81. The smallest absolute Gasteiger partial charge is 0.262 e. The normalized spacial score (nSPS) is 11.1. The highest BCUT2D eigenvalue weighted by molar-refractivity contribution is 7.98. The molecule has 0 heterocycles. The summed E-state index contributed by atoms with van der Waals surface area (Å²) >= 11 is 7.61. The Morgan fingerprint density at radius 3 is 2.25 bits per heavy atom. The molecule has 0 saturated carbocycles. The van der Waals surface area contributed by atoms with Crippen LogP contribution in [0.3, 0.4) is 0 Å². The van der Waals surface area contributed by atoms with Crippen LogP contribution in [-0.2, 0) is 10.0 Å². The number of halogens is 1. The molecule has 0 radical (unpaired) electrons. The van der Waals surface area contributed by atoms with Gasteiger partial charge in [-0.15, -0.1) is 11.8 Å². The zero-order chi connectivity index (χ0) is 20.1. The maximum Gasteiger partial charge on any atom is 0.262 e. The van der Waals surface area contributed by atoms with Gasteiger partial charge >= 0.3 is 0 Å². The van der Waals surface area contributed by atoms with Gasteiger partial charge in [-0.3, -0.25) is 4.72 Å². The summed E-state index contributed by atoms with van der Waals surface area (Å²) in [5.74, 6) is 1.29. The maximum atomic E-state index is 12.8. The van der Waals surface area contributed by atoms with E-state index < -0.39 is 10.0 Å². The van der Waals surface area contributed by atoms with Crippen LogP contribution in [0.1, 0.15) is 0 Å². The number of sulfonamides is 1. The first-order valence-corrected chi connectivity index (χ1v) is 11.3. The maximum absolute atomic E-state index is 12.8. The molecule has 5 nitrogen and oxygen atoms in total. The number of anilines is 1. The lowest BCUT2D eigenvalue weighted by Crippen LogP contribution is -2.13. The second kappa shape index (κ2) is 8.77. The Morgan fingerprint density at radius 2 is 1.61 bits per heavy atom. The third-order valence-electron chi connectivity index (χ3n) is 3.84. The highest BCUT2D eigenvalue weighted by Crippen LogP contribution is 2.37. The van der Waals surface area contributed by atoms with Gasteiger partial charge in [-0.25, -0.2) is 8.42 Å². The fourth-order valence-corrected chi connectivity index (χ4v) is 4.09. The van der Waals surface area contributed by atoms with Crippen LogP contribution in [0.5, 0.6) is 17.2 Å². The van der Waals surface area contributed by atoms with Crippen LogP contribution < -0.4 is 14.2 Å². The van der Waals surface area contributed by atoms with E-state index in [2.05, 4.69) is 4.72 Å². The standard InChI is InChI=1S/C20H18ClNO4S2/c1-25-19-5-3-4-6-20(19)26-18-12-7-14(21)13-17(18)22-28(23,24)16-10-8-15(27-2)9-11-16/h3-13,22H,1-2H3. The molecule has 28 heavy (non-hydrogen) atoms. The Kier molecular flexibility index (Phi) is 6.39. The van der Waals surface area contributed by atoms with Gasteiger partial charge in [0.1, 0.15) is 0 Å². The van der Waals surface area contributed by atoms with E-state index in [0.717, 1.165) is 4.90 Å². The fourth-order valence-electron chi connectivity index (χ4n) is 2.45. The Balaban J connectivity index is 1.94. The molecule has 3 rings (SSSR count). The van der Waals surface area contributed by atoms with Crippen molar-refractivity contribution in [2.45, 2.75) is 9.79 Å². The van der Waals surface area contributed by atoms with Crippen molar-refractivity contribution in [2.75, 3.05) is 18.1 Å². The number of methoxy groups -OCH3 is 1. The number of ether oxygens (including phenoxy) is 2. The summed E-state index contributed by atoms with van der Waals surface area (Å²) < 4.78 is 39.3. The average Bonchev–Trinajstić information content (AvgIpc) is 2.70. The summed E-state index contributed by atoms with van der Waals surface area (Å²) in [5, 5.41) is 0.378. The zero-order valence-electron chi connectivity index (χ0n) is 15.2. The number of thioether (sulfide) groups is 1. The molecule has 0 saturated heterocycles. The molecule has 3 aromatic carbocycles. The first-order valence-electron chi connectivity index (χ1n) is 8.20. The van der Waals surface area contributed by atoms with E-state index in [0.29, 0.717) is 22.3 Å². The van der Waals surface area contributed by atoms with Gasteiger partial charge in [-0.05, 0) is 60.9 Å². The van der Waals surface area contributed by atoms with Crippen LogP contribution in [0, 0.1) is 0 Å². The lowest BCUT2D eigenvalue weighted by Gasteiger charge is -2.15. The molecule has 0 aliphatic rings. The van der Waals surface area contributed by atoms with E-state index >= 15 is 0 Å². The second-order valence-electron chi connectivity index (χ2n) is 5.67. The molecule has 0 aliphatic heterocycles. The van der Waals surface area contributed by atoms with Crippen LogP contribution in [0.4, 0.5) is 5.69 Å². The zero-order valence-corrected chi connectivity index (χ0v) is 17.6. The van der Waals surface area contributed by atoms with E-state index in [4.69, 9.17) is 21.1 Å². The topological polar surface area (TPSA) is 64.6 Å². The van der Waals surface area contributed by atoms with Crippen molar-refractivity contribution in [1.29, 1.82) is 0 Å². The first-order chi connectivity index (χ1) is 13.4. The highest BCUT2D eigenvalue weighted by atomic mass is 35.5. The Morgan fingerprint density at radius 1 is 0.929 bits per heavy atom. The predicted molar refractivity (Wildman–Crippen MR) is 114 cm³/mol. The van der Waals surface area contributed by atoms with Gasteiger partial charge in [0.05, 0.1) is 17.7 Å². The van der Waals surface area contributed by atoms with Crippen molar-refractivity contribution in [2.24, 2.45) is 0 Å². The van der Waals surface area contributed by atoms with Crippen LogP contribution in [0.15, 0.2) is 76.5 Å². The third-order valence-corrected chi connectivity index (χ3v) is 6.20. The minimum Gasteiger partial charge on any atom is -0.493 e. The Hall–Kier alpha value is -2.35. The van der Waals surface area contributed by atoms with E-state index in [1.807, 2.05) is 12.3 Å². The van der Waals surface area contributed by atoms with Crippen LogP contribution in [-0.4, -0.2) is 21.8 Å². The number of para-hydroxylation sites is 2. The predicted octanol–water partition coefficient (Wildman–Crippen LogP) is 5.66. The van der Waals surface area contributed by atoms with Crippen LogP contribution in [0.25, 0.3) is 0 Å². The molecular weight excluding hydrogens is 418 g/mol. The molecule has 1 N–H and O–H groups in total. The molecular formula is C20H18ClNO4S2. The van der Waals surface area contributed by atoms with Gasteiger partial charge in [0.2, 0.25) is 0 Å². The molecule has 0 unspecified atom stereocenters. The van der Waals surface area contributed by atoms with Crippen LogP contribution in [0.2, 0.25) is 5.02 Å². The van der Waals surface area contributed by atoms with Crippen molar-refractivity contribution in [3.8, 4) is 17.2 Å². The molecule has 0 aliphatic carbocycles. The summed E-state index contributed by atoms with van der Waals surface area (Å²) in [7, 11) is -2.28. The summed E-state index contributed by atoms with van der Waals surface area (Å²) in [4.78, 5) is 1.12. The summed E-state index contributed by atoms with van der Waals surface area (Å²) in [6, 6.07) is 18.4. The van der Waals surface area contributed by atoms with Gasteiger partial charge < -0.3 is 9.47 Å². The molecule has 146 valence electrons. The largest absolute Gasteiger partial charge is 0.493 e. The van der Waals surface area contributed by atoms with E-state index in [9.17, 15) is 8.42 Å². The van der Waals surface area contributed by atoms with Crippen molar-refractivity contribution < 1.29 is 17.9 Å².